The van der Waals surface area contributed by atoms with Crippen LogP contribution in [0.4, 0.5) is 5.95 Å². The van der Waals surface area contributed by atoms with Crippen molar-refractivity contribution >= 4 is 11.9 Å². The first-order valence-corrected chi connectivity index (χ1v) is 11.7. The maximum absolute atomic E-state index is 4.92. The Morgan fingerprint density at radius 1 is 0.903 bits per heavy atom. The van der Waals surface area contributed by atoms with Gasteiger partial charge in [0, 0.05) is 51.7 Å². The lowest BCUT2D eigenvalue weighted by atomic mass is 10.1. The number of rotatable bonds is 6. The van der Waals surface area contributed by atoms with Crippen LogP contribution in [0.1, 0.15) is 37.3 Å². The molecule has 0 atom stereocenters. The fourth-order valence-corrected chi connectivity index (χ4v) is 4.29. The fourth-order valence-electron chi connectivity index (χ4n) is 4.29. The maximum atomic E-state index is 4.92. The van der Waals surface area contributed by atoms with Crippen molar-refractivity contribution in [2.75, 3.05) is 50.7 Å². The van der Waals surface area contributed by atoms with Crippen molar-refractivity contribution in [3.05, 3.63) is 53.9 Å². The van der Waals surface area contributed by atoms with Crippen molar-refractivity contribution < 1.29 is 0 Å². The molecule has 0 radical (unpaired) electrons. The minimum absolute atomic E-state index is 0.703. The molecular weight excluding hydrogens is 386 g/mol. The zero-order valence-electron chi connectivity index (χ0n) is 18.7. The zero-order chi connectivity index (χ0) is 21.3. The number of likely N-dealkylation sites (tertiary alicyclic amines) is 1. The standard InChI is InChI=1S/C24H35N7/c1-2-25-23(30-15-17-31(18-16-30)24-26-11-6-12-27-24)28-19-21-7-9-22(10-8-21)20-29-13-4-3-5-14-29/h6-12H,2-5,13-20H2,1H3,(H,25,28). The number of aromatic nitrogens is 2. The van der Waals surface area contributed by atoms with Gasteiger partial charge in [0.05, 0.1) is 6.54 Å². The van der Waals surface area contributed by atoms with Gasteiger partial charge in [0.15, 0.2) is 5.96 Å². The molecule has 166 valence electrons. The monoisotopic (exact) mass is 421 g/mol. The van der Waals surface area contributed by atoms with Crippen molar-refractivity contribution in [3.8, 4) is 0 Å². The summed E-state index contributed by atoms with van der Waals surface area (Å²) >= 11 is 0. The van der Waals surface area contributed by atoms with Crippen LogP contribution in [0.15, 0.2) is 47.7 Å². The molecule has 2 aliphatic heterocycles. The molecule has 0 unspecified atom stereocenters. The van der Waals surface area contributed by atoms with Crippen LogP contribution in [0, 0.1) is 0 Å². The molecule has 0 aliphatic carbocycles. The van der Waals surface area contributed by atoms with Gasteiger partial charge in [-0.3, -0.25) is 4.90 Å². The summed E-state index contributed by atoms with van der Waals surface area (Å²) in [5.74, 6) is 1.81. The largest absolute Gasteiger partial charge is 0.357 e. The minimum Gasteiger partial charge on any atom is -0.357 e. The van der Waals surface area contributed by atoms with Crippen LogP contribution in [0.2, 0.25) is 0 Å². The van der Waals surface area contributed by atoms with Gasteiger partial charge >= 0.3 is 0 Å². The van der Waals surface area contributed by atoms with Gasteiger partial charge in [-0.2, -0.15) is 0 Å². The second-order valence-electron chi connectivity index (χ2n) is 8.35. The molecule has 4 rings (SSSR count). The van der Waals surface area contributed by atoms with Crippen LogP contribution in [-0.2, 0) is 13.1 Å². The highest BCUT2D eigenvalue weighted by Gasteiger charge is 2.21. The van der Waals surface area contributed by atoms with Gasteiger partial charge in [0.25, 0.3) is 0 Å². The number of piperidine rings is 1. The maximum Gasteiger partial charge on any atom is 0.225 e. The number of hydrogen-bond donors (Lipinski definition) is 1. The molecule has 2 aromatic rings. The van der Waals surface area contributed by atoms with E-state index in [4.69, 9.17) is 4.99 Å². The quantitative estimate of drug-likeness (QED) is 0.572. The Labute approximate surface area is 186 Å². The molecule has 1 N–H and O–H groups in total. The molecule has 7 heteroatoms. The van der Waals surface area contributed by atoms with Crippen LogP contribution in [0.3, 0.4) is 0 Å². The third-order valence-electron chi connectivity index (χ3n) is 6.04. The minimum atomic E-state index is 0.703. The lowest BCUT2D eigenvalue weighted by molar-refractivity contribution is 0.221. The van der Waals surface area contributed by atoms with Crippen LogP contribution >= 0.6 is 0 Å². The lowest BCUT2D eigenvalue weighted by Crippen LogP contribution is -2.52. The summed E-state index contributed by atoms with van der Waals surface area (Å²) in [6.45, 7) is 10.9. The Hall–Kier alpha value is -2.67. The first-order chi connectivity index (χ1) is 15.3. The average molecular weight is 422 g/mol. The summed E-state index contributed by atoms with van der Waals surface area (Å²) in [5.41, 5.74) is 2.66. The Bertz CT molecular complexity index is 808. The molecule has 1 aromatic heterocycles. The average Bonchev–Trinajstić information content (AvgIpc) is 2.84. The Balaban J connectivity index is 1.31. The summed E-state index contributed by atoms with van der Waals surface area (Å²) in [5, 5.41) is 3.46. The molecule has 0 spiro atoms. The highest BCUT2D eigenvalue weighted by Crippen LogP contribution is 2.14. The first-order valence-electron chi connectivity index (χ1n) is 11.7. The molecule has 0 amide bonds. The van der Waals surface area contributed by atoms with E-state index in [9.17, 15) is 0 Å². The summed E-state index contributed by atoms with van der Waals surface area (Å²) in [6, 6.07) is 10.9. The molecule has 2 fully saturated rings. The van der Waals surface area contributed by atoms with E-state index in [0.29, 0.717) is 6.54 Å². The van der Waals surface area contributed by atoms with Crippen LogP contribution in [-0.4, -0.2) is 71.5 Å². The third-order valence-corrected chi connectivity index (χ3v) is 6.04. The van der Waals surface area contributed by atoms with Gasteiger partial charge in [0.1, 0.15) is 0 Å². The fraction of sp³-hybridized carbons (Fsp3) is 0.542. The van der Waals surface area contributed by atoms with E-state index < -0.39 is 0 Å². The molecule has 0 saturated carbocycles. The molecule has 3 heterocycles. The number of aliphatic imine (C=N–C) groups is 1. The van der Waals surface area contributed by atoms with Crippen molar-refractivity contribution in [1.29, 1.82) is 0 Å². The number of benzene rings is 1. The van der Waals surface area contributed by atoms with E-state index in [1.54, 1.807) is 12.4 Å². The number of nitrogens with one attached hydrogen (secondary N) is 1. The Morgan fingerprint density at radius 2 is 1.58 bits per heavy atom. The number of nitrogens with zero attached hydrogens (tertiary/aromatic N) is 6. The SMILES string of the molecule is CCNC(=NCc1ccc(CN2CCCCC2)cc1)N1CCN(c2ncccn2)CC1. The topological polar surface area (TPSA) is 59.9 Å². The highest BCUT2D eigenvalue weighted by atomic mass is 15.4. The van der Waals surface area contributed by atoms with E-state index >= 15 is 0 Å². The zero-order valence-corrected chi connectivity index (χ0v) is 18.7. The summed E-state index contributed by atoms with van der Waals surface area (Å²) in [7, 11) is 0. The third kappa shape index (κ3) is 6.17. The number of guanidine groups is 1. The predicted molar refractivity (Wildman–Crippen MR) is 126 cm³/mol. The number of hydrogen-bond acceptors (Lipinski definition) is 5. The van der Waals surface area contributed by atoms with Crippen molar-refractivity contribution in [2.45, 2.75) is 39.3 Å². The Kier molecular flexibility index (Phi) is 7.71. The summed E-state index contributed by atoms with van der Waals surface area (Å²) in [4.78, 5) is 20.8. The smallest absolute Gasteiger partial charge is 0.225 e. The predicted octanol–water partition coefficient (Wildman–Crippen LogP) is 2.75. The van der Waals surface area contributed by atoms with Gasteiger partial charge in [-0.1, -0.05) is 30.7 Å². The van der Waals surface area contributed by atoms with Crippen molar-refractivity contribution in [1.82, 2.24) is 25.1 Å². The highest BCUT2D eigenvalue weighted by molar-refractivity contribution is 5.80. The molecular formula is C24H35N7. The molecule has 2 saturated heterocycles. The van der Waals surface area contributed by atoms with Crippen molar-refractivity contribution in [2.24, 2.45) is 4.99 Å². The molecule has 2 aliphatic rings. The first kappa shape index (κ1) is 21.6. The van der Waals surface area contributed by atoms with E-state index in [-0.39, 0.29) is 0 Å². The summed E-state index contributed by atoms with van der Waals surface area (Å²) < 4.78 is 0. The second kappa shape index (κ2) is 11.1. The van der Waals surface area contributed by atoms with E-state index in [0.717, 1.165) is 51.2 Å². The van der Waals surface area contributed by atoms with Gasteiger partial charge in [-0.05, 0) is 50.0 Å². The van der Waals surface area contributed by atoms with Crippen LogP contribution in [0.25, 0.3) is 0 Å². The molecule has 31 heavy (non-hydrogen) atoms. The summed E-state index contributed by atoms with van der Waals surface area (Å²) in [6.07, 6.45) is 7.67. The number of piperazine rings is 1. The van der Waals surface area contributed by atoms with Crippen LogP contribution in [0.5, 0.6) is 0 Å². The second-order valence-corrected chi connectivity index (χ2v) is 8.35. The molecule has 1 aromatic carbocycles. The number of anilines is 1. The van der Waals surface area contributed by atoms with Gasteiger partial charge in [0.2, 0.25) is 5.95 Å². The van der Waals surface area contributed by atoms with Crippen molar-refractivity contribution in [3.63, 3.8) is 0 Å². The molecule has 0 bridgehead atoms. The van der Waals surface area contributed by atoms with E-state index in [1.807, 2.05) is 6.07 Å². The lowest BCUT2D eigenvalue weighted by Gasteiger charge is -2.36. The van der Waals surface area contributed by atoms with E-state index in [1.165, 1.54) is 43.5 Å². The van der Waals surface area contributed by atoms with Crippen LogP contribution < -0.4 is 10.2 Å². The Morgan fingerprint density at radius 3 is 2.26 bits per heavy atom. The normalized spacial score (nSPS) is 18.3. The molecule has 7 nitrogen and oxygen atoms in total. The van der Waals surface area contributed by atoms with Gasteiger partial charge in [-0.25, -0.2) is 15.0 Å². The van der Waals surface area contributed by atoms with Gasteiger partial charge < -0.3 is 15.1 Å². The van der Waals surface area contributed by atoms with Gasteiger partial charge in [-0.15, -0.1) is 0 Å². The van der Waals surface area contributed by atoms with E-state index in [2.05, 4.69) is 61.2 Å².